The minimum atomic E-state index is -4.65. The summed E-state index contributed by atoms with van der Waals surface area (Å²) in [7, 11) is -3.66. The molecule has 1 atom stereocenters. The fraction of sp³-hybridized carbons (Fsp3) is 0.421. The molecule has 1 aliphatic rings. The van der Waals surface area contributed by atoms with Crippen LogP contribution in [0.15, 0.2) is 30.6 Å². The largest absolute Gasteiger partial charge is 0.418 e. The first-order chi connectivity index (χ1) is 15.0. The first-order valence-corrected chi connectivity index (χ1v) is 11.6. The molecule has 1 aromatic carbocycles. The summed E-state index contributed by atoms with van der Waals surface area (Å²) in [6.07, 6.45) is 0.742. The molecule has 1 amide bonds. The third-order valence-corrected chi connectivity index (χ3v) is 5.98. The van der Waals surface area contributed by atoms with Crippen molar-refractivity contribution in [2.75, 3.05) is 18.2 Å². The Hall–Kier alpha value is -2.93. The average Bonchev–Trinajstić information content (AvgIpc) is 3.31. The van der Waals surface area contributed by atoms with Gasteiger partial charge in [0.05, 0.1) is 42.5 Å². The van der Waals surface area contributed by atoms with E-state index in [1.807, 2.05) is 0 Å². The van der Waals surface area contributed by atoms with Crippen LogP contribution < -0.4 is 5.32 Å². The van der Waals surface area contributed by atoms with E-state index in [1.54, 1.807) is 0 Å². The number of anilines is 1. The SMILES string of the molecule is CS(=O)(=O)n1cc(NC(=O)c2c3cccc(C(F)(F)F)c3nn2CC2CCCCO2)cn1. The third kappa shape index (κ3) is 4.48. The van der Waals surface area contributed by atoms with E-state index >= 15 is 0 Å². The van der Waals surface area contributed by atoms with Crippen molar-refractivity contribution in [2.24, 2.45) is 0 Å². The molecule has 0 spiro atoms. The molecule has 1 saturated heterocycles. The number of amides is 1. The second-order valence-electron chi connectivity index (χ2n) is 7.54. The lowest BCUT2D eigenvalue weighted by Gasteiger charge is -2.23. The maximum Gasteiger partial charge on any atom is 0.418 e. The standard InChI is InChI=1S/C19H20F3N5O4S/c1-32(29,30)27-10-12(9-23-27)24-18(28)17-14-6-4-7-15(19(20,21)22)16(14)25-26(17)11-13-5-2-3-8-31-13/h4,6-7,9-10,13H,2-3,5,8,11H2,1H3,(H,24,28). The Bertz CT molecular complexity index is 1260. The van der Waals surface area contributed by atoms with E-state index in [1.165, 1.54) is 16.8 Å². The van der Waals surface area contributed by atoms with Gasteiger partial charge in [0.25, 0.3) is 15.9 Å². The van der Waals surface area contributed by atoms with Crippen molar-refractivity contribution in [2.45, 2.75) is 38.1 Å². The highest BCUT2D eigenvalue weighted by Gasteiger charge is 2.35. The molecule has 3 heterocycles. The van der Waals surface area contributed by atoms with Crippen molar-refractivity contribution < 1.29 is 31.1 Å². The van der Waals surface area contributed by atoms with Gasteiger partial charge in [0.2, 0.25) is 0 Å². The fourth-order valence-corrected chi connectivity index (χ4v) is 4.16. The van der Waals surface area contributed by atoms with E-state index in [0.717, 1.165) is 37.6 Å². The summed E-state index contributed by atoms with van der Waals surface area (Å²) in [4.78, 5) is 13.1. The zero-order valence-electron chi connectivity index (χ0n) is 17.0. The Morgan fingerprint density at radius 1 is 1.31 bits per heavy atom. The molecular formula is C19H20F3N5O4S. The lowest BCUT2D eigenvalue weighted by molar-refractivity contribution is -0.136. The number of fused-ring (bicyclic) bond motifs is 1. The Labute approximate surface area is 181 Å². The second-order valence-corrected chi connectivity index (χ2v) is 9.38. The molecule has 4 rings (SSSR count). The topological polar surface area (TPSA) is 108 Å². The van der Waals surface area contributed by atoms with Gasteiger partial charge in [-0.3, -0.25) is 9.48 Å². The molecule has 1 N–H and O–H groups in total. The molecule has 0 bridgehead atoms. The Morgan fingerprint density at radius 3 is 2.72 bits per heavy atom. The third-order valence-electron chi connectivity index (χ3n) is 5.10. The zero-order valence-corrected chi connectivity index (χ0v) is 17.8. The molecule has 1 unspecified atom stereocenters. The maximum atomic E-state index is 13.5. The van der Waals surface area contributed by atoms with E-state index in [-0.39, 0.29) is 34.9 Å². The fourth-order valence-electron chi connectivity index (χ4n) is 3.64. The number of alkyl halides is 3. The summed E-state index contributed by atoms with van der Waals surface area (Å²) in [5, 5.41) is 10.3. The number of hydrogen-bond donors (Lipinski definition) is 1. The summed E-state index contributed by atoms with van der Waals surface area (Å²) < 4.78 is 71.4. The number of nitrogens with one attached hydrogen (secondary N) is 1. The van der Waals surface area contributed by atoms with Gasteiger partial charge in [0.1, 0.15) is 11.2 Å². The molecule has 0 aliphatic carbocycles. The first-order valence-electron chi connectivity index (χ1n) is 9.79. The lowest BCUT2D eigenvalue weighted by atomic mass is 10.1. The van der Waals surface area contributed by atoms with Crippen LogP contribution in [0.3, 0.4) is 0 Å². The van der Waals surface area contributed by atoms with Crippen LogP contribution >= 0.6 is 0 Å². The smallest absolute Gasteiger partial charge is 0.376 e. The van der Waals surface area contributed by atoms with Crippen LogP contribution in [-0.4, -0.2) is 52.3 Å². The van der Waals surface area contributed by atoms with Crippen LogP contribution in [0.5, 0.6) is 0 Å². The molecule has 13 heteroatoms. The predicted molar refractivity (Wildman–Crippen MR) is 109 cm³/mol. The summed E-state index contributed by atoms with van der Waals surface area (Å²) in [6, 6.07) is 3.52. The van der Waals surface area contributed by atoms with Crippen LogP contribution in [0.2, 0.25) is 0 Å². The van der Waals surface area contributed by atoms with Gasteiger partial charge in [-0.25, -0.2) is 8.42 Å². The monoisotopic (exact) mass is 471 g/mol. The minimum Gasteiger partial charge on any atom is -0.376 e. The van der Waals surface area contributed by atoms with Gasteiger partial charge in [-0.2, -0.15) is 27.5 Å². The van der Waals surface area contributed by atoms with E-state index in [9.17, 15) is 26.4 Å². The van der Waals surface area contributed by atoms with Gasteiger partial charge in [0, 0.05) is 12.0 Å². The van der Waals surface area contributed by atoms with Crippen LogP contribution in [0.25, 0.3) is 10.9 Å². The van der Waals surface area contributed by atoms with Gasteiger partial charge in [-0.05, 0) is 25.3 Å². The number of nitrogens with zero attached hydrogens (tertiary/aromatic N) is 4. The molecule has 32 heavy (non-hydrogen) atoms. The molecule has 0 saturated carbocycles. The van der Waals surface area contributed by atoms with Crippen molar-refractivity contribution >= 4 is 32.5 Å². The summed E-state index contributed by atoms with van der Waals surface area (Å²) in [6.45, 7) is 0.642. The van der Waals surface area contributed by atoms with Crippen LogP contribution in [0, 0.1) is 0 Å². The molecule has 2 aromatic heterocycles. The molecular weight excluding hydrogens is 451 g/mol. The van der Waals surface area contributed by atoms with Crippen LogP contribution in [0.4, 0.5) is 18.9 Å². The number of aromatic nitrogens is 4. The van der Waals surface area contributed by atoms with Crippen LogP contribution in [0.1, 0.15) is 35.3 Å². The Kier molecular flexibility index (Phi) is 5.71. The van der Waals surface area contributed by atoms with Crippen LogP contribution in [-0.2, 0) is 27.5 Å². The first kappa shape index (κ1) is 22.3. The predicted octanol–water partition coefficient (Wildman–Crippen LogP) is 2.88. The van der Waals surface area contributed by atoms with E-state index < -0.39 is 27.7 Å². The normalized spacial score (nSPS) is 17.6. The maximum absolute atomic E-state index is 13.5. The molecule has 1 fully saturated rings. The highest BCUT2D eigenvalue weighted by molar-refractivity contribution is 7.89. The molecule has 9 nitrogen and oxygen atoms in total. The van der Waals surface area contributed by atoms with E-state index in [4.69, 9.17) is 4.74 Å². The molecule has 172 valence electrons. The van der Waals surface area contributed by atoms with E-state index in [0.29, 0.717) is 17.1 Å². The van der Waals surface area contributed by atoms with Gasteiger partial charge in [-0.15, -0.1) is 0 Å². The van der Waals surface area contributed by atoms with E-state index in [2.05, 4.69) is 15.5 Å². The van der Waals surface area contributed by atoms with Crippen molar-refractivity contribution in [3.63, 3.8) is 0 Å². The molecule has 3 aromatic rings. The highest BCUT2D eigenvalue weighted by Crippen LogP contribution is 2.35. The summed E-state index contributed by atoms with van der Waals surface area (Å²) in [5.41, 5.74) is -1.29. The van der Waals surface area contributed by atoms with Crippen molar-refractivity contribution in [3.8, 4) is 0 Å². The Balaban J connectivity index is 1.75. The lowest BCUT2D eigenvalue weighted by Crippen LogP contribution is -2.27. The van der Waals surface area contributed by atoms with Gasteiger partial charge >= 0.3 is 6.18 Å². The summed E-state index contributed by atoms with van der Waals surface area (Å²) in [5.74, 6) is -0.740. The minimum absolute atomic E-state index is 0.0311. The summed E-state index contributed by atoms with van der Waals surface area (Å²) >= 11 is 0. The number of ether oxygens (including phenoxy) is 1. The number of hydrogen-bond acceptors (Lipinski definition) is 6. The molecule has 0 radical (unpaired) electrons. The van der Waals surface area contributed by atoms with Gasteiger partial charge in [-0.1, -0.05) is 12.1 Å². The van der Waals surface area contributed by atoms with Gasteiger partial charge < -0.3 is 10.1 Å². The number of halogens is 3. The van der Waals surface area contributed by atoms with Crippen molar-refractivity contribution in [3.05, 3.63) is 41.9 Å². The Morgan fingerprint density at radius 2 is 2.09 bits per heavy atom. The van der Waals surface area contributed by atoms with Crippen molar-refractivity contribution in [1.29, 1.82) is 0 Å². The highest BCUT2D eigenvalue weighted by atomic mass is 32.2. The van der Waals surface area contributed by atoms with Gasteiger partial charge in [0.15, 0.2) is 0 Å². The average molecular weight is 471 g/mol. The quantitative estimate of drug-likeness (QED) is 0.613. The zero-order chi connectivity index (χ0) is 23.1. The number of rotatable bonds is 5. The molecule has 1 aliphatic heterocycles. The van der Waals surface area contributed by atoms with Crippen molar-refractivity contribution in [1.82, 2.24) is 19.0 Å². The number of carbonyl (C=O) groups excluding carboxylic acids is 1. The number of carbonyl (C=O) groups is 1. The second kappa shape index (κ2) is 8.20. The number of benzene rings is 1.